The molecule has 2 aliphatic rings. The molecule has 1 fully saturated rings. The molecule has 2 unspecified atom stereocenters. The van der Waals surface area contributed by atoms with E-state index in [0.717, 1.165) is 18.4 Å². The van der Waals surface area contributed by atoms with Gasteiger partial charge in [0.15, 0.2) is 0 Å². The van der Waals surface area contributed by atoms with Crippen molar-refractivity contribution >= 4 is 11.3 Å². The molecule has 1 heterocycles. The van der Waals surface area contributed by atoms with E-state index in [9.17, 15) is 0 Å². The fourth-order valence-corrected chi connectivity index (χ4v) is 3.93. The van der Waals surface area contributed by atoms with Crippen molar-refractivity contribution in [3.8, 4) is 0 Å². The molecule has 0 amide bonds. The fourth-order valence-electron chi connectivity index (χ4n) is 2.72. The van der Waals surface area contributed by atoms with E-state index >= 15 is 0 Å². The Balaban J connectivity index is 1.88. The van der Waals surface area contributed by atoms with Crippen LogP contribution >= 0.6 is 11.3 Å². The summed E-state index contributed by atoms with van der Waals surface area (Å²) < 4.78 is 0. The fraction of sp³-hybridized carbons (Fsp3) is 0.667. The summed E-state index contributed by atoms with van der Waals surface area (Å²) in [5.74, 6) is 1.63. The van der Waals surface area contributed by atoms with Crippen molar-refractivity contribution in [1.29, 1.82) is 0 Å². The second-order valence-corrected chi connectivity index (χ2v) is 5.60. The summed E-state index contributed by atoms with van der Waals surface area (Å²) in [6, 6.07) is 0. The lowest BCUT2D eigenvalue weighted by Gasteiger charge is -2.12. The van der Waals surface area contributed by atoms with Gasteiger partial charge in [0.05, 0.1) is 0 Å². The molecule has 1 nitrogen and oxygen atoms in total. The first-order chi connectivity index (χ1) is 6.90. The number of hydrogen-bond acceptors (Lipinski definition) is 2. The molecule has 1 aromatic heterocycles. The maximum atomic E-state index is 5.71. The second-order valence-electron chi connectivity index (χ2n) is 4.64. The van der Waals surface area contributed by atoms with Gasteiger partial charge in [-0.2, -0.15) is 0 Å². The molecule has 0 saturated heterocycles. The highest BCUT2D eigenvalue weighted by molar-refractivity contribution is 7.10. The molecule has 0 radical (unpaired) electrons. The molecular weight excluding hydrogens is 190 g/mol. The lowest BCUT2D eigenvalue weighted by atomic mass is 9.94. The number of fused-ring (bicyclic) bond motifs is 1. The molecule has 2 atom stereocenters. The summed E-state index contributed by atoms with van der Waals surface area (Å²) in [6.45, 7) is 0.884. The van der Waals surface area contributed by atoms with E-state index in [1.807, 2.05) is 11.3 Å². The first kappa shape index (κ1) is 8.93. The minimum absolute atomic E-state index is 0.802. The average molecular weight is 207 g/mol. The van der Waals surface area contributed by atoms with Crippen LogP contribution in [0.5, 0.6) is 0 Å². The number of aryl methyl sites for hydroxylation is 1. The Bertz CT molecular complexity index is 342. The van der Waals surface area contributed by atoms with Crippen molar-refractivity contribution in [3.05, 3.63) is 21.4 Å². The predicted molar refractivity (Wildman–Crippen MR) is 60.9 cm³/mol. The number of nitrogens with two attached hydrogens (primary N) is 1. The monoisotopic (exact) mass is 207 g/mol. The largest absolute Gasteiger partial charge is 0.330 e. The van der Waals surface area contributed by atoms with E-state index in [4.69, 9.17) is 5.73 Å². The van der Waals surface area contributed by atoms with Crippen molar-refractivity contribution in [2.75, 3.05) is 6.54 Å². The van der Waals surface area contributed by atoms with Gasteiger partial charge < -0.3 is 5.73 Å². The van der Waals surface area contributed by atoms with E-state index in [2.05, 4.69) is 5.38 Å². The minimum Gasteiger partial charge on any atom is -0.330 e. The van der Waals surface area contributed by atoms with Crippen molar-refractivity contribution in [2.24, 2.45) is 11.7 Å². The Morgan fingerprint density at radius 2 is 2.21 bits per heavy atom. The zero-order valence-corrected chi connectivity index (χ0v) is 9.28. The molecule has 0 aromatic carbocycles. The van der Waals surface area contributed by atoms with Gasteiger partial charge in [0.1, 0.15) is 0 Å². The lowest BCUT2D eigenvalue weighted by molar-refractivity contribution is 0.688. The Kier molecular flexibility index (Phi) is 2.14. The van der Waals surface area contributed by atoms with Crippen molar-refractivity contribution in [2.45, 2.75) is 38.0 Å². The van der Waals surface area contributed by atoms with Crippen LogP contribution in [0.4, 0.5) is 0 Å². The highest BCUT2D eigenvalue weighted by Gasteiger charge is 2.39. The van der Waals surface area contributed by atoms with Gasteiger partial charge in [-0.05, 0) is 67.0 Å². The van der Waals surface area contributed by atoms with E-state index in [1.54, 1.807) is 16.0 Å². The first-order valence-corrected chi connectivity index (χ1v) is 6.57. The van der Waals surface area contributed by atoms with Gasteiger partial charge in [0.25, 0.3) is 0 Å². The maximum Gasteiger partial charge on any atom is 0.00801 e. The van der Waals surface area contributed by atoms with Crippen molar-refractivity contribution in [3.63, 3.8) is 0 Å². The van der Waals surface area contributed by atoms with Gasteiger partial charge in [-0.1, -0.05) is 0 Å². The highest BCUT2D eigenvalue weighted by atomic mass is 32.1. The third-order valence-corrected chi connectivity index (χ3v) is 4.83. The molecule has 2 aliphatic carbocycles. The summed E-state index contributed by atoms with van der Waals surface area (Å²) in [6.07, 6.45) is 6.82. The molecule has 76 valence electrons. The van der Waals surface area contributed by atoms with Crippen LogP contribution < -0.4 is 5.73 Å². The Morgan fingerprint density at radius 3 is 3.00 bits per heavy atom. The molecule has 14 heavy (non-hydrogen) atoms. The number of hydrogen-bond donors (Lipinski definition) is 1. The van der Waals surface area contributed by atoms with Crippen LogP contribution in [-0.4, -0.2) is 6.54 Å². The molecule has 3 rings (SSSR count). The standard InChI is InChI=1S/C12H17NS/c13-6-8-5-10(8)11-7-14-12-4-2-1-3-9(11)12/h7-8,10H,1-6,13H2. The Hall–Kier alpha value is -0.340. The minimum atomic E-state index is 0.802. The molecule has 2 N–H and O–H groups in total. The van der Waals surface area contributed by atoms with Gasteiger partial charge in [-0.25, -0.2) is 0 Å². The predicted octanol–water partition coefficient (Wildman–Crippen LogP) is 2.69. The van der Waals surface area contributed by atoms with Crippen molar-refractivity contribution < 1.29 is 0 Å². The highest BCUT2D eigenvalue weighted by Crippen LogP contribution is 2.50. The normalized spacial score (nSPS) is 30.1. The zero-order chi connectivity index (χ0) is 9.54. The Morgan fingerprint density at radius 1 is 1.36 bits per heavy atom. The van der Waals surface area contributed by atoms with E-state index in [0.29, 0.717) is 0 Å². The quantitative estimate of drug-likeness (QED) is 0.793. The average Bonchev–Trinajstić information content (AvgIpc) is 2.90. The van der Waals surface area contributed by atoms with Gasteiger partial charge in [-0.3, -0.25) is 0 Å². The van der Waals surface area contributed by atoms with Gasteiger partial charge in [-0.15, -0.1) is 11.3 Å². The van der Waals surface area contributed by atoms with Crippen LogP contribution in [0.25, 0.3) is 0 Å². The zero-order valence-electron chi connectivity index (χ0n) is 8.46. The molecular formula is C12H17NS. The van der Waals surface area contributed by atoms with E-state index in [-0.39, 0.29) is 0 Å². The van der Waals surface area contributed by atoms with Crippen LogP contribution in [0, 0.1) is 5.92 Å². The summed E-state index contributed by atoms with van der Waals surface area (Å²) in [7, 11) is 0. The van der Waals surface area contributed by atoms with Gasteiger partial charge >= 0.3 is 0 Å². The third-order valence-electron chi connectivity index (χ3n) is 3.72. The van der Waals surface area contributed by atoms with Crippen LogP contribution in [0.3, 0.4) is 0 Å². The maximum absolute atomic E-state index is 5.71. The van der Waals surface area contributed by atoms with Crippen LogP contribution in [-0.2, 0) is 12.8 Å². The lowest BCUT2D eigenvalue weighted by Crippen LogP contribution is -2.04. The number of rotatable bonds is 2. The van der Waals surface area contributed by atoms with Gasteiger partial charge in [0, 0.05) is 4.88 Å². The summed E-state index contributed by atoms with van der Waals surface area (Å²) in [5, 5.41) is 2.41. The smallest absolute Gasteiger partial charge is 0.00801 e. The SMILES string of the molecule is NCC1CC1c1csc2c1CCCC2. The topological polar surface area (TPSA) is 26.0 Å². The Labute approximate surface area is 89.3 Å². The molecule has 1 saturated carbocycles. The third kappa shape index (κ3) is 1.32. The summed E-state index contributed by atoms with van der Waals surface area (Å²) in [5.41, 5.74) is 9.09. The summed E-state index contributed by atoms with van der Waals surface area (Å²) in [4.78, 5) is 1.67. The van der Waals surface area contributed by atoms with Crippen LogP contribution in [0.2, 0.25) is 0 Å². The number of thiophene rings is 1. The van der Waals surface area contributed by atoms with E-state index in [1.165, 1.54) is 32.1 Å². The molecule has 1 aromatic rings. The second kappa shape index (κ2) is 3.35. The van der Waals surface area contributed by atoms with Crippen LogP contribution in [0.15, 0.2) is 5.38 Å². The van der Waals surface area contributed by atoms with Crippen molar-refractivity contribution in [1.82, 2.24) is 0 Å². The molecule has 0 bridgehead atoms. The molecule has 2 heteroatoms. The van der Waals surface area contributed by atoms with Gasteiger partial charge in [0.2, 0.25) is 0 Å². The van der Waals surface area contributed by atoms with E-state index < -0.39 is 0 Å². The molecule has 0 spiro atoms. The first-order valence-electron chi connectivity index (χ1n) is 5.69. The molecule has 0 aliphatic heterocycles. The van der Waals surface area contributed by atoms with Crippen LogP contribution in [0.1, 0.15) is 41.2 Å². The summed E-state index contributed by atoms with van der Waals surface area (Å²) >= 11 is 1.99.